The summed E-state index contributed by atoms with van der Waals surface area (Å²) in [5, 5.41) is 4.16. The van der Waals surface area contributed by atoms with Crippen LogP contribution in [-0.4, -0.2) is 56.7 Å². The van der Waals surface area contributed by atoms with E-state index in [-0.39, 0.29) is 34.9 Å². The number of aryl methyl sites for hydroxylation is 2. The molecular formula is C22H23BrF3N5O. The summed E-state index contributed by atoms with van der Waals surface area (Å²) in [6.07, 6.45) is -4.51. The molecule has 0 bridgehead atoms. The zero-order chi connectivity index (χ0) is 23.0. The van der Waals surface area contributed by atoms with Crippen LogP contribution in [0.25, 0.3) is 11.0 Å². The van der Waals surface area contributed by atoms with E-state index in [0.29, 0.717) is 13.1 Å². The molecule has 1 aliphatic rings. The fourth-order valence-electron chi connectivity index (χ4n) is 4.09. The molecule has 0 spiro atoms. The molecule has 1 saturated heterocycles. The highest BCUT2D eigenvalue weighted by molar-refractivity contribution is 9.10. The second-order valence-electron chi connectivity index (χ2n) is 8.04. The van der Waals surface area contributed by atoms with E-state index in [0.717, 1.165) is 30.2 Å². The van der Waals surface area contributed by atoms with Crippen molar-refractivity contribution < 1.29 is 18.0 Å². The lowest BCUT2D eigenvalue weighted by molar-refractivity contribution is -0.136. The molecule has 3 aromatic rings. The summed E-state index contributed by atoms with van der Waals surface area (Å²) in [4.78, 5) is 21.2. The Morgan fingerprint density at radius 3 is 2.50 bits per heavy atom. The molecule has 1 aliphatic heterocycles. The van der Waals surface area contributed by atoms with Crippen molar-refractivity contribution in [1.29, 1.82) is 0 Å². The quantitative estimate of drug-likeness (QED) is 0.529. The van der Waals surface area contributed by atoms with E-state index in [9.17, 15) is 18.0 Å². The molecule has 4 rings (SSSR count). The number of nitrogens with zero attached hydrogens (tertiary/aromatic N) is 5. The van der Waals surface area contributed by atoms with Crippen LogP contribution >= 0.6 is 15.9 Å². The van der Waals surface area contributed by atoms with Crippen molar-refractivity contribution in [1.82, 2.24) is 24.6 Å². The van der Waals surface area contributed by atoms with Crippen LogP contribution in [0.5, 0.6) is 0 Å². The molecule has 32 heavy (non-hydrogen) atoms. The molecule has 2 aromatic heterocycles. The molecule has 0 radical (unpaired) electrons. The molecule has 1 aromatic carbocycles. The van der Waals surface area contributed by atoms with E-state index >= 15 is 0 Å². The van der Waals surface area contributed by atoms with Crippen molar-refractivity contribution in [2.24, 2.45) is 0 Å². The smallest absolute Gasteiger partial charge is 0.339 e. The summed E-state index contributed by atoms with van der Waals surface area (Å²) < 4.78 is 42.8. The van der Waals surface area contributed by atoms with Gasteiger partial charge in [-0.3, -0.25) is 9.69 Å². The van der Waals surface area contributed by atoms with E-state index < -0.39 is 11.7 Å². The topological polar surface area (TPSA) is 54.3 Å². The Kier molecular flexibility index (Phi) is 6.26. The van der Waals surface area contributed by atoms with Crippen LogP contribution < -0.4 is 0 Å². The summed E-state index contributed by atoms with van der Waals surface area (Å²) in [7, 11) is 0. The van der Waals surface area contributed by atoms with Crippen LogP contribution in [0.1, 0.15) is 22.5 Å². The minimum atomic E-state index is -4.51. The van der Waals surface area contributed by atoms with Crippen molar-refractivity contribution >= 4 is 32.9 Å². The van der Waals surface area contributed by atoms with Gasteiger partial charge in [-0.15, -0.1) is 0 Å². The first-order chi connectivity index (χ1) is 15.1. The van der Waals surface area contributed by atoms with Crippen molar-refractivity contribution in [3.63, 3.8) is 0 Å². The minimum Gasteiger partial charge on any atom is -0.339 e. The van der Waals surface area contributed by atoms with Gasteiger partial charge in [-0.1, -0.05) is 28.1 Å². The molecule has 6 nitrogen and oxygen atoms in total. The maximum atomic E-state index is 13.5. The van der Waals surface area contributed by atoms with Gasteiger partial charge in [0.2, 0.25) is 5.91 Å². The van der Waals surface area contributed by atoms with Crippen molar-refractivity contribution in [2.75, 3.05) is 26.2 Å². The molecular weight excluding hydrogens is 487 g/mol. The zero-order valence-corrected chi connectivity index (χ0v) is 19.4. The summed E-state index contributed by atoms with van der Waals surface area (Å²) in [5.74, 6) is -0.173. The molecule has 0 unspecified atom stereocenters. The zero-order valence-electron chi connectivity index (χ0n) is 17.8. The normalized spacial score (nSPS) is 15.5. The third-order valence-electron chi connectivity index (χ3n) is 5.62. The van der Waals surface area contributed by atoms with Crippen LogP contribution in [0, 0.1) is 13.8 Å². The number of amides is 1. The van der Waals surface area contributed by atoms with E-state index in [1.165, 1.54) is 24.1 Å². The monoisotopic (exact) mass is 509 g/mol. The van der Waals surface area contributed by atoms with Crippen molar-refractivity contribution in [3.8, 4) is 0 Å². The van der Waals surface area contributed by atoms with Gasteiger partial charge in [-0.25, -0.2) is 9.67 Å². The Bertz CT molecular complexity index is 1150. The number of hydrogen-bond donors (Lipinski definition) is 0. The second kappa shape index (κ2) is 8.82. The summed E-state index contributed by atoms with van der Waals surface area (Å²) >= 11 is 3.48. The molecule has 3 heterocycles. The number of rotatable bonds is 4. The predicted octanol–water partition coefficient (Wildman–Crippen LogP) is 4.17. The lowest BCUT2D eigenvalue weighted by Crippen LogP contribution is -2.49. The standard InChI is InChI=1S/C22H23BrF3N5O/c1-14-10-18(22(24,25)26)20-15(2)28-31(21(20)27-14)13-19(32)30-8-6-29(7-9-30)12-16-4-3-5-17(23)11-16/h3-5,10-11H,6-9,12-13H2,1-2H3. The molecule has 1 amide bonds. The molecule has 0 atom stereocenters. The molecule has 0 aliphatic carbocycles. The first kappa shape index (κ1) is 22.7. The number of piperazine rings is 1. The minimum absolute atomic E-state index is 0.0465. The Hall–Kier alpha value is -2.46. The van der Waals surface area contributed by atoms with E-state index in [2.05, 4.69) is 43.0 Å². The van der Waals surface area contributed by atoms with Crippen molar-refractivity contribution in [2.45, 2.75) is 33.1 Å². The van der Waals surface area contributed by atoms with Crippen LogP contribution in [-0.2, 0) is 24.1 Å². The van der Waals surface area contributed by atoms with Gasteiger partial charge in [0.1, 0.15) is 6.54 Å². The molecule has 170 valence electrons. The second-order valence-corrected chi connectivity index (χ2v) is 8.95. The number of fused-ring (bicyclic) bond motifs is 1. The summed E-state index contributed by atoms with van der Waals surface area (Å²) in [6.45, 7) is 6.26. The number of carbonyl (C=O) groups is 1. The SMILES string of the molecule is Cc1cc(C(F)(F)F)c2c(C)nn(CC(=O)N3CCN(Cc4cccc(Br)c4)CC3)c2n1. The van der Waals surface area contributed by atoms with Crippen LogP contribution in [0.4, 0.5) is 13.2 Å². The Morgan fingerprint density at radius 1 is 1.12 bits per heavy atom. The van der Waals surface area contributed by atoms with Gasteiger partial charge in [0.15, 0.2) is 5.65 Å². The van der Waals surface area contributed by atoms with Gasteiger partial charge < -0.3 is 4.90 Å². The largest absolute Gasteiger partial charge is 0.417 e. The number of aromatic nitrogens is 3. The number of pyridine rings is 1. The number of alkyl halides is 3. The van der Waals surface area contributed by atoms with Gasteiger partial charge >= 0.3 is 6.18 Å². The molecule has 0 saturated carbocycles. The fourth-order valence-corrected chi connectivity index (χ4v) is 4.54. The first-order valence-electron chi connectivity index (χ1n) is 10.3. The van der Waals surface area contributed by atoms with Gasteiger partial charge in [0.25, 0.3) is 0 Å². The highest BCUT2D eigenvalue weighted by atomic mass is 79.9. The molecule has 1 fully saturated rings. The Morgan fingerprint density at radius 2 is 1.84 bits per heavy atom. The maximum absolute atomic E-state index is 13.5. The van der Waals surface area contributed by atoms with Crippen molar-refractivity contribution in [3.05, 3.63) is 57.3 Å². The Labute approximate surface area is 192 Å². The first-order valence-corrected chi connectivity index (χ1v) is 11.1. The molecule has 0 N–H and O–H groups in total. The fraction of sp³-hybridized carbons (Fsp3) is 0.409. The highest BCUT2D eigenvalue weighted by Gasteiger charge is 2.35. The van der Waals surface area contributed by atoms with Crippen LogP contribution in [0.3, 0.4) is 0 Å². The number of benzene rings is 1. The average Bonchev–Trinajstić information content (AvgIpc) is 3.02. The van der Waals surface area contributed by atoms with E-state index in [1.807, 2.05) is 12.1 Å². The van der Waals surface area contributed by atoms with E-state index in [1.54, 1.807) is 4.90 Å². The predicted molar refractivity (Wildman–Crippen MR) is 118 cm³/mol. The van der Waals surface area contributed by atoms with Gasteiger partial charge in [-0.2, -0.15) is 18.3 Å². The average molecular weight is 510 g/mol. The Balaban J connectivity index is 1.45. The van der Waals surface area contributed by atoms with Gasteiger partial charge in [0, 0.05) is 42.9 Å². The maximum Gasteiger partial charge on any atom is 0.417 e. The van der Waals surface area contributed by atoms with Crippen LogP contribution in [0.2, 0.25) is 0 Å². The third kappa shape index (κ3) is 4.80. The summed E-state index contributed by atoms with van der Waals surface area (Å²) in [6, 6.07) is 9.14. The van der Waals surface area contributed by atoms with Crippen LogP contribution in [0.15, 0.2) is 34.8 Å². The third-order valence-corrected chi connectivity index (χ3v) is 6.11. The lowest BCUT2D eigenvalue weighted by atomic mass is 10.1. The number of carbonyl (C=O) groups excluding carboxylic acids is 1. The summed E-state index contributed by atoms with van der Waals surface area (Å²) in [5.41, 5.74) is 0.972. The lowest BCUT2D eigenvalue weighted by Gasteiger charge is -2.34. The van der Waals surface area contributed by atoms with Gasteiger partial charge in [-0.05, 0) is 37.6 Å². The molecule has 10 heteroatoms. The van der Waals surface area contributed by atoms with Gasteiger partial charge in [0.05, 0.1) is 16.6 Å². The number of halogens is 4. The van der Waals surface area contributed by atoms with E-state index in [4.69, 9.17) is 0 Å². The number of hydrogen-bond acceptors (Lipinski definition) is 4. The highest BCUT2D eigenvalue weighted by Crippen LogP contribution is 2.36.